The molecule has 3 amide bonds. The number of carbonyl (C=O) groups excluding carboxylic acids is 3. The number of halogens is 1. The molecule has 0 spiro atoms. The van der Waals surface area contributed by atoms with E-state index < -0.39 is 23.7 Å². The Morgan fingerprint density at radius 1 is 0.939 bits per heavy atom. The van der Waals surface area contributed by atoms with Gasteiger partial charge >= 0.3 is 0 Å². The second-order valence-electron chi connectivity index (χ2n) is 7.78. The van der Waals surface area contributed by atoms with Crippen molar-refractivity contribution >= 4 is 40.5 Å². The van der Waals surface area contributed by atoms with Crippen molar-refractivity contribution in [1.82, 2.24) is 0 Å². The number of para-hydroxylation sites is 3. The van der Waals surface area contributed by atoms with E-state index in [2.05, 4.69) is 16.0 Å². The lowest BCUT2D eigenvalue weighted by molar-refractivity contribution is -0.124. The van der Waals surface area contributed by atoms with Crippen LogP contribution in [0.25, 0.3) is 0 Å². The molecule has 1 aliphatic rings. The van der Waals surface area contributed by atoms with Gasteiger partial charge in [0.05, 0.1) is 23.5 Å². The monoisotopic (exact) mass is 446 g/mol. The van der Waals surface area contributed by atoms with Crippen LogP contribution >= 0.6 is 0 Å². The van der Waals surface area contributed by atoms with Gasteiger partial charge in [0.25, 0.3) is 5.91 Å². The van der Waals surface area contributed by atoms with Crippen LogP contribution in [0.15, 0.2) is 72.8 Å². The van der Waals surface area contributed by atoms with E-state index in [-0.39, 0.29) is 24.6 Å². The average Bonchev–Trinajstić information content (AvgIpc) is 2.79. The summed E-state index contributed by atoms with van der Waals surface area (Å²) in [6, 6.07) is 19.3. The summed E-state index contributed by atoms with van der Waals surface area (Å²) in [6.45, 7) is 1.63. The highest BCUT2D eigenvalue weighted by molar-refractivity contribution is 6.11. The van der Waals surface area contributed by atoms with Gasteiger partial charge in [-0.2, -0.15) is 0 Å². The molecule has 0 aromatic heterocycles. The summed E-state index contributed by atoms with van der Waals surface area (Å²) < 4.78 is 13.9. The van der Waals surface area contributed by atoms with E-state index in [1.54, 1.807) is 42.5 Å². The molecule has 1 heterocycles. The topological polar surface area (TPSA) is 90.5 Å². The summed E-state index contributed by atoms with van der Waals surface area (Å²) in [5.41, 5.74) is 2.88. The Balaban J connectivity index is 1.49. The maximum Gasteiger partial charge on any atom is 0.250 e. The quantitative estimate of drug-likeness (QED) is 0.535. The molecule has 8 heteroatoms. The van der Waals surface area contributed by atoms with Crippen LogP contribution in [0.2, 0.25) is 0 Å². The Labute approximate surface area is 190 Å². The molecule has 0 saturated carbocycles. The Morgan fingerprint density at radius 3 is 2.39 bits per heavy atom. The molecule has 0 bridgehead atoms. The standard InChI is InChI=1S/C25H23FN4O3/c1-16-10-12-17(13-11-16)27-23(31)14-21-25(33)30(22-9-5-4-8-20(22)28-21)15-24(32)29-19-7-3-2-6-18(19)26/h2-13,21,28H,14-15H2,1H3,(H,27,31)(H,29,32). The van der Waals surface area contributed by atoms with Gasteiger partial charge in [-0.1, -0.05) is 42.0 Å². The summed E-state index contributed by atoms with van der Waals surface area (Å²) >= 11 is 0. The highest BCUT2D eigenvalue weighted by atomic mass is 19.1. The van der Waals surface area contributed by atoms with Gasteiger partial charge in [0, 0.05) is 5.69 Å². The Morgan fingerprint density at radius 2 is 1.64 bits per heavy atom. The van der Waals surface area contributed by atoms with Gasteiger partial charge in [0.2, 0.25) is 11.8 Å². The summed E-state index contributed by atoms with van der Waals surface area (Å²) in [7, 11) is 0. The fourth-order valence-electron chi connectivity index (χ4n) is 3.62. The summed E-state index contributed by atoms with van der Waals surface area (Å²) in [6.07, 6.45) is -0.119. The van der Waals surface area contributed by atoms with Crippen LogP contribution in [-0.4, -0.2) is 30.3 Å². The number of carbonyl (C=O) groups is 3. The number of nitrogens with zero attached hydrogens (tertiary/aromatic N) is 1. The van der Waals surface area contributed by atoms with Crippen molar-refractivity contribution in [3.8, 4) is 0 Å². The summed E-state index contributed by atoms with van der Waals surface area (Å²) in [5.74, 6) is -1.87. The van der Waals surface area contributed by atoms with Crippen LogP contribution in [0.1, 0.15) is 12.0 Å². The third kappa shape index (κ3) is 5.17. The molecule has 33 heavy (non-hydrogen) atoms. The Kier molecular flexibility index (Phi) is 6.35. The maximum atomic E-state index is 13.9. The number of hydrogen-bond acceptors (Lipinski definition) is 4. The zero-order chi connectivity index (χ0) is 23.4. The molecule has 0 radical (unpaired) electrons. The summed E-state index contributed by atoms with van der Waals surface area (Å²) in [5, 5.41) is 8.37. The van der Waals surface area contributed by atoms with Gasteiger partial charge in [0.1, 0.15) is 18.4 Å². The first-order valence-corrected chi connectivity index (χ1v) is 10.5. The largest absolute Gasteiger partial charge is 0.372 e. The fourth-order valence-corrected chi connectivity index (χ4v) is 3.62. The molecule has 0 saturated heterocycles. The predicted octanol–water partition coefficient (Wildman–Crippen LogP) is 3.93. The van der Waals surface area contributed by atoms with Crippen molar-refractivity contribution < 1.29 is 18.8 Å². The molecule has 0 aliphatic carbocycles. The lowest BCUT2D eigenvalue weighted by atomic mass is 10.1. The van der Waals surface area contributed by atoms with Crippen molar-refractivity contribution in [2.75, 3.05) is 27.4 Å². The second kappa shape index (κ2) is 9.52. The SMILES string of the molecule is Cc1ccc(NC(=O)CC2Nc3ccccc3N(CC(=O)Nc3ccccc3F)C2=O)cc1. The molecule has 1 unspecified atom stereocenters. The van der Waals surface area contributed by atoms with Crippen LogP contribution in [-0.2, 0) is 14.4 Å². The van der Waals surface area contributed by atoms with Crippen molar-refractivity contribution in [1.29, 1.82) is 0 Å². The molecular weight excluding hydrogens is 423 g/mol. The van der Waals surface area contributed by atoms with Gasteiger partial charge < -0.3 is 16.0 Å². The first-order chi connectivity index (χ1) is 15.9. The molecule has 4 rings (SSSR count). The first-order valence-electron chi connectivity index (χ1n) is 10.5. The number of fused-ring (bicyclic) bond motifs is 1. The number of amides is 3. The average molecular weight is 446 g/mol. The zero-order valence-corrected chi connectivity index (χ0v) is 18.0. The number of benzene rings is 3. The molecule has 1 atom stereocenters. The summed E-state index contributed by atoms with van der Waals surface area (Å²) in [4.78, 5) is 39.7. The first kappa shape index (κ1) is 22.0. The molecule has 3 aromatic carbocycles. The van der Waals surface area contributed by atoms with Gasteiger partial charge in [-0.25, -0.2) is 4.39 Å². The van der Waals surface area contributed by atoms with Crippen molar-refractivity contribution in [2.24, 2.45) is 0 Å². The third-order valence-corrected chi connectivity index (χ3v) is 5.26. The number of nitrogens with one attached hydrogen (secondary N) is 3. The minimum Gasteiger partial charge on any atom is -0.372 e. The van der Waals surface area contributed by atoms with Crippen molar-refractivity contribution in [3.63, 3.8) is 0 Å². The van der Waals surface area contributed by atoms with Crippen molar-refractivity contribution in [3.05, 3.63) is 84.2 Å². The number of hydrogen-bond donors (Lipinski definition) is 3. The van der Waals surface area contributed by atoms with E-state index in [1.165, 1.54) is 23.1 Å². The second-order valence-corrected chi connectivity index (χ2v) is 7.78. The Bertz CT molecular complexity index is 1200. The minimum absolute atomic E-state index is 0.0346. The van der Waals surface area contributed by atoms with Crippen molar-refractivity contribution in [2.45, 2.75) is 19.4 Å². The number of aryl methyl sites for hydroxylation is 1. The van der Waals surface area contributed by atoms with E-state index in [0.29, 0.717) is 17.1 Å². The van der Waals surface area contributed by atoms with Crippen LogP contribution in [0.3, 0.4) is 0 Å². The van der Waals surface area contributed by atoms with E-state index in [1.807, 2.05) is 19.1 Å². The maximum absolute atomic E-state index is 13.9. The van der Waals surface area contributed by atoms with Gasteiger partial charge in [-0.15, -0.1) is 0 Å². The van der Waals surface area contributed by atoms with Crippen LogP contribution in [0.4, 0.5) is 27.1 Å². The molecule has 0 fully saturated rings. The normalized spacial score (nSPS) is 14.8. The van der Waals surface area contributed by atoms with Crippen LogP contribution < -0.4 is 20.9 Å². The highest BCUT2D eigenvalue weighted by Crippen LogP contribution is 2.32. The fraction of sp³-hybridized carbons (Fsp3) is 0.160. The highest BCUT2D eigenvalue weighted by Gasteiger charge is 2.34. The van der Waals surface area contributed by atoms with E-state index in [9.17, 15) is 18.8 Å². The Hall–Kier alpha value is -4.20. The van der Waals surface area contributed by atoms with Gasteiger partial charge in [0.15, 0.2) is 0 Å². The number of anilines is 4. The zero-order valence-electron chi connectivity index (χ0n) is 18.0. The van der Waals surface area contributed by atoms with E-state index in [0.717, 1.165) is 5.56 Å². The lowest BCUT2D eigenvalue weighted by Gasteiger charge is -2.34. The van der Waals surface area contributed by atoms with Gasteiger partial charge in [-0.05, 0) is 43.3 Å². The molecule has 3 aromatic rings. The van der Waals surface area contributed by atoms with Crippen LogP contribution in [0.5, 0.6) is 0 Å². The molecule has 7 nitrogen and oxygen atoms in total. The predicted molar refractivity (Wildman–Crippen MR) is 126 cm³/mol. The van der Waals surface area contributed by atoms with E-state index in [4.69, 9.17) is 0 Å². The molecule has 1 aliphatic heterocycles. The van der Waals surface area contributed by atoms with Gasteiger partial charge in [-0.3, -0.25) is 19.3 Å². The smallest absolute Gasteiger partial charge is 0.250 e. The molecule has 3 N–H and O–H groups in total. The minimum atomic E-state index is -0.855. The molecule has 168 valence electrons. The van der Waals surface area contributed by atoms with E-state index >= 15 is 0 Å². The van der Waals surface area contributed by atoms with Crippen LogP contribution in [0, 0.1) is 12.7 Å². The third-order valence-electron chi connectivity index (χ3n) is 5.26. The number of rotatable bonds is 6. The lowest BCUT2D eigenvalue weighted by Crippen LogP contribution is -2.51. The molecular formula is C25H23FN4O3.